The molecule has 1 fully saturated rings. The van der Waals surface area contributed by atoms with Gasteiger partial charge in [-0.25, -0.2) is 9.78 Å². The smallest absolute Gasteiger partial charge is 0.319 e. The molecule has 0 aliphatic heterocycles. The number of aryl methyl sites for hydroxylation is 1. The number of carbonyl (C=O) groups excluding carboxylic acids is 1. The molecular weight excluding hydrogens is 306 g/mol. The van der Waals surface area contributed by atoms with Crippen LogP contribution in [0, 0.1) is 12.8 Å². The highest BCUT2D eigenvalue weighted by atomic mass is 16.3. The predicted octanol–water partition coefficient (Wildman–Crippen LogP) is 3.32. The second-order valence-corrected chi connectivity index (χ2v) is 6.37. The lowest BCUT2D eigenvalue weighted by Crippen LogP contribution is -2.40. The van der Waals surface area contributed by atoms with Gasteiger partial charge in [-0.1, -0.05) is 6.07 Å². The van der Waals surface area contributed by atoms with Crippen LogP contribution in [0.15, 0.2) is 34.9 Å². The molecule has 128 valence electrons. The number of rotatable bonds is 4. The van der Waals surface area contributed by atoms with Crippen molar-refractivity contribution in [1.82, 2.24) is 10.3 Å². The van der Waals surface area contributed by atoms with E-state index in [1.165, 1.54) is 0 Å². The molecule has 1 aromatic heterocycles. The maximum Gasteiger partial charge on any atom is 0.319 e. The molecule has 6 heteroatoms. The number of carbonyl (C=O) groups is 1. The Morgan fingerprint density at radius 3 is 2.79 bits per heavy atom. The van der Waals surface area contributed by atoms with Crippen molar-refractivity contribution in [3.05, 3.63) is 36.2 Å². The summed E-state index contributed by atoms with van der Waals surface area (Å²) < 4.78 is 5.39. The van der Waals surface area contributed by atoms with Crippen LogP contribution in [-0.2, 0) is 0 Å². The van der Waals surface area contributed by atoms with Gasteiger partial charge in [-0.2, -0.15) is 0 Å². The Bertz CT molecular complexity index is 690. The van der Waals surface area contributed by atoms with Crippen molar-refractivity contribution in [2.45, 2.75) is 38.6 Å². The van der Waals surface area contributed by atoms with E-state index in [-0.39, 0.29) is 18.7 Å². The minimum absolute atomic E-state index is 0.172. The molecular formula is C18H23N3O3. The number of aliphatic hydroxyl groups is 1. The summed E-state index contributed by atoms with van der Waals surface area (Å²) in [5, 5.41) is 15.0. The topological polar surface area (TPSA) is 87.4 Å². The van der Waals surface area contributed by atoms with E-state index in [4.69, 9.17) is 9.52 Å². The average Bonchev–Trinajstić information content (AvgIpc) is 3.02. The number of hydrogen-bond acceptors (Lipinski definition) is 4. The number of oxazole rings is 1. The van der Waals surface area contributed by atoms with Gasteiger partial charge < -0.3 is 20.2 Å². The predicted molar refractivity (Wildman–Crippen MR) is 91.7 cm³/mol. The van der Waals surface area contributed by atoms with Crippen LogP contribution in [0.2, 0.25) is 0 Å². The fourth-order valence-corrected chi connectivity index (χ4v) is 3.06. The highest BCUT2D eigenvalue weighted by molar-refractivity contribution is 5.90. The molecule has 1 aliphatic rings. The van der Waals surface area contributed by atoms with Gasteiger partial charge in [-0.3, -0.25) is 0 Å². The molecule has 1 heterocycles. The van der Waals surface area contributed by atoms with Crippen LogP contribution in [-0.4, -0.2) is 28.8 Å². The molecule has 3 rings (SSSR count). The van der Waals surface area contributed by atoms with Crippen LogP contribution in [0.1, 0.15) is 31.4 Å². The SMILES string of the molecule is Cc1coc(-c2cccc(NC(=O)NC3CCC(CO)CC3)c2)n1. The zero-order valence-electron chi connectivity index (χ0n) is 13.8. The Kier molecular flexibility index (Phi) is 5.15. The minimum Gasteiger partial charge on any atom is -0.444 e. The number of benzene rings is 1. The van der Waals surface area contributed by atoms with E-state index in [2.05, 4.69) is 15.6 Å². The lowest BCUT2D eigenvalue weighted by Gasteiger charge is -2.27. The molecule has 1 aromatic carbocycles. The van der Waals surface area contributed by atoms with Crippen molar-refractivity contribution in [3.63, 3.8) is 0 Å². The first kappa shape index (κ1) is 16.5. The number of anilines is 1. The Balaban J connectivity index is 1.57. The van der Waals surface area contributed by atoms with Gasteiger partial charge in [0, 0.05) is 23.9 Å². The summed E-state index contributed by atoms with van der Waals surface area (Å²) in [7, 11) is 0. The van der Waals surface area contributed by atoms with Gasteiger partial charge in [-0.05, 0) is 56.7 Å². The molecule has 0 saturated heterocycles. The van der Waals surface area contributed by atoms with E-state index in [1.807, 2.05) is 31.2 Å². The third kappa shape index (κ3) is 4.14. The van der Waals surface area contributed by atoms with Gasteiger partial charge in [0.05, 0.1) is 5.69 Å². The zero-order valence-corrected chi connectivity index (χ0v) is 13.8. The highest BCUT2D eigenvalue weighted by Gasteiger charge is 2.21. The molecule has 2 amide bonds. The summed E-state index contributed by atoms with van der Waals surface area (Å²) in [6.07, 6.45) is 5.34. The number of aromatic nitrogens is 1. The van der Waals surface area contributed by atoms with Crippen molar-refractivity contribution in [3.8, 4) is 11.5 Å². The van der Waals surface area contributed by atoms with E-state index in [1.54, 1.807) is 6.26 Å². The third-order valence-corrected chi connectivity index (χ3v) is 4.43. The number of amides is 2. The van der Waals surface area contributed by atoms with Crippen LogP contribution in [0.25, 0.3) is 11.5 Å². The lowest BCUT2D eigenvalue weighted by molar-refractivity contribution is 0.176. The van der Waals surface area contributed by atoms with Gasteiger partial charge in [0.2, 0.25) is 5.89 Å². The van der Waals surface area contributed by atoms with Crippen LogP contribution in [0.3, 0.4) is 0 Å². The summed E-state index contributed by atoms with van der Waals surface area (Å²) in [6, 6.07) is 7.39. The molecule has 2 aromatic rings. The molecule has 3 N–H and O–H groups in total. The van der Waals surface area contributed by atoms with Gasteiger partial charge in [0.1, 0.15) is 6.26 Å². The van der Waals surface area contributed by atoms with Gasteiger partial charge in [0.25, 0.3) is 0 Å². The maximum atomic E-state index is 12.2. The van der Waals surface area contributed by atoms with E-state index in [9.17, 15) is 4.79 Å². The standard InChI is InChI=1S/C18H23N3O3/c1-12-11-24-17(19-12)14-3-2-4-16(9-14)21-18(23)20-15-7-5-13(10-22)6-8-15/h2-4,9,11,13,15,22H,5-8,10H2,1H3,(H2,20,21,23). The second-order valence-electron chi connectivity index (χ2n) is 6.37. The molecule has 0 spiro atoms. The number of hydrogen-bond donors (Lipinski definition) is 3. The quantitative estimate of drug-likeness (QED) is 0.803. The normalized spacial score (nSPS) is 20.6. The monoisotopic (exact) mass is 329 g/mol. The van der Waals surface area contributed by atoms with Gasteiger partial charge >= 0.3 is 6.03 Å². The number of urea groups is 1. The van der Waals surface area contributed by atoms with Gasteiger partial charge in [0.15, 0.2) is 0 Å². The third-order valence-electron chi connectivity index (χ3n) is 4.43. The molecule has 0 bridgehead atoms. The molecule has 1 aliphatic carbocycles. The number of nitrogens with one attached hydrogen (secondary N) is 2. The van der Waals surface area contributed by atoms with Crippen LogP contribution < -0.4 is 10.6 Å². The Morgan fingerprint density at radius 2 is 2.12 bits per heavy atom. The maximum absolute atomic E-state index is 12.2. The van der Waals surface area contributed by atoms with Crippen molar-refractivity contribution in [1.29, 1.82) is 0 Å². The summed E-state index contributed by atoms with van der Waals surface area (Å²) in [5.74, 6) is 0.922. The first-order valence-corrected chi connectivity index (χ1v) is 8.35. The molecule has 1 saturated carbocycles. The minimum atomic E-state index is -0.205. The molecule has 0 atom stereocenters. The van der Waals surface area contributed by atoms with Crippen molar-refractivity contribution in [2.24, 2.45) is 5.92 Å². The van der Waals surface area contributed by atoms with E-state index in [0.29, 0.717) is 17.5 Å². The van der Waals surface area contributed by atoms with Gasteiger partial charge in [-0.15, -0.1) is 0 Å². The fraction of sp³-hybridized carbons (Fsp3) is 0.444. The average molecular weight is 329 g/mol. The van der Waals surface area contributed by atoms with E-state index in [0.717, 1.165) is 36.9 Å². The first-order chi connectivity index (χ1) is 11.6. The largest absolute Gasteiger partial charge is 0.444 e. The Labute approximate surface area is 141 Å². The van der Waals surface area contributed by atoms with Crippen LogP contribution in [0.4, 0.5) is 10.5 Å². The van der Waals surface area contributed by atoms with Crippen LogP contribution >= 0.6 is 0 Å². The zero-order chi connectivity index (χ0) is 16.9. The van der Waals surface area contributed by atoms with Crippen molar-refractivity contribution in [2.75, 3.05) is 11.9 Å². The molecule has 0 unspecified atom stereocenters. The Morgan fingerprint density at radius 1 is 1.33 bits per heavy atom. The van der Waals surface area contributed by atoms with Crippen molar-refractivity contribution < 1.29 is 14.3 Å². The lowest BCUT2D eigenvalue weighted by atomic mass is 9.87. The summed E-state index contributed by atoms with van der Waals surface area (Å²) >= 11 is 0. The molecule has 6 nitrogen and oxygen atoms in total. The summed E-state index contributed by atoms with van der Waals surface area (Å²) in [6.45, 7) is 2.11. The summed E-state index contributed by atoms with van der Waals surface area (Å²) in [4.78, 5) is 16.5. The number of aliphatic hydroxyl groups excluding tert-OH is 1. The van der Waals surface area contributed by atoms with E-state index < -0.39 is 0 Å². The fourth-order valence-electron chi connectivity index (χ4n) is 3.06. The Hall–Kier alpha value is -2.34. The van der Waals surface area contributed by atoms with Crippen molar-refractivity contribution >= 4 is 11.7 Å². The first-order valence-electron chi connectivity index (χ1n) is 8.35. The molecule has 24 heavy (non-hydrogen) atoms. The highest BCUT2D eigenvalue weighted by Crippen LogP contribution is 2.24. The number of nitrogens with zero attached hydrogens (tertiary/aromatic N) is 1. The van der Waals surface area contributed by atoms with E-state index >= 15 is 0 Å². The van der Waals surface area contributed by atoms with Crippen LogP contribution in [0.5, 0.6) is 0 Å². The summed E-state index contributed by atoms with van der Waals surface area (Å²) in [5.41, 5.74) is 2.34. The molecule has 0 radical (unpaired) electrons. The second kappa shape index (κ2) is 7.49.